The SMILES string of the molecule is NC(=O)C1C=CC=CN=C1. The summed E-state index contributed by atoms with van der Waals surface area (Å²) >= 11 is 0. The van der Waals surface area contributed by atoms with Gasteiger partial charge in [0.05, 0.1) is 5.92 Å². The van der Waals surface area contributed by atoms with Gasteiger partial charge in [0, 0.05) is 12.4 Å². The molecule has 1 rings (SSSR count). The van der Waals surface area contributed by atoms with E-state index in [1.165, 1.54) is 6.21 Å². The number of hydrogen-bond donors (Lipinski definition) is 1. The van der Waals surface area contributed by atoms with Gasteiger partial charge in [-0.2, -0.15) is 0 Å². The highest BCUT2D eigenvalue weighted by molar-refractivity contribution is 5.94. The maximum absolute atomic E-state index is 10.6. The van der Waals surface area contributed by atoms with Crippen LogP contribution in [0.5, 0.6) is 0 Å². The van der Waals surface area contributed by atoms with Crippen LogP contribution in [0, 0.1) is 5.92 Å². The third kappa shape index (κ3) is 1.55. The molecule has 0 saturated heterocycles. The third-order valence-corrected chi connectivity index (χ3v) is 1.18. The summed E-state index contributed by atoms with van der Waals surface area (Å²) < 4.78 is 0. The molecule has 0 aromatic carbocycles. The Balaban J connectivity index is 2.72. The van der Waals surface area contributed by atoms with Gasteiger partial charge in [-0.25, -0.2) is 0 Å². The van der Waals surface area contributed by atoms with Crippen LogP contribution in [0.2, 0.25) is 0 Å². The van der Waals surface area contributed by atoms with E-state index >= 15 is 0 Å². The smallest absolute Gasteiger partial charge is 0.229 e. The zero-order valence-electron chi connectivity index (χ0n) is 5.40. The summed E-state index contributed by atoms with van der Waals surface area (Å²) in [7, 11) is 0. The van der Waals surface area contributed by atoms with E-state index < -0.39 is 0 Å². The Labute approximate surface area is 58.9 Å². The van der Waals surface area contributed by atoms with E-state index in [2.05, 4.69) is 4.99 Å². The molecule has 0 radical (unpaired) electrons. The van der Waals surface area contributed by atoms with E-state index in [1.54, 1.807) is 24.4 Å². The second kappa shape index (κ2) is 2.96. The lowest BCUT2D eigenvalue weighted by Gasteiger charge is -1.96. The van der Waals surface area contributed by atoms with Crippen molar-refractivity contribution in [2.24, 2.45) is 16.6 Å². The molecular formula is C7H8N2O. The number of primary amides is 1. The Morgan fingerprint density at radius 2 is 2.30 bits per heavy atom. The molecule has 0 spiro atoms. The van der Waals surface area contributed by atoms with Gasteiger partial charge in [0.1, 0.15) is 0 Å². The van der Waals surface area contributed by atoms with Crippen molar-refractivity contribution in [3.63, 3.8) is 0 Å². The van der Waals surface area contributed by atoms with Gasteiger partial charge >= 0.3 is 0 Å². The highest BCUT2D eigenvalue weighted by Crippen LogP contribution is 1.98. The van der Waals surface area contributed by atoms with Crippen LogP contribution in [0.1, 0.15) is 0 Å². The molecule has 1 aliphatic rings. The molecule has 2 N–H and O–H groups in total. The predicted molar refractivity (Wildman–Crippen MR) is 39.5 cm³/mol. The standard InChI is InChI=1S/C7H8N2O/c8-7(10)6-3-1-2-4-9-5-6/h1-6H,(H2,8,10). The number of rotatable bonds is 1. The molecule has 1 amide bonds. The summed E-state index contributed by atoms with van der Waals surface area (Å²) in [6.07, 6.45) is 8.33. The lowest BCUT2D eigenvalue weighted by molar-refractivity contribution is -0.118. The Morgan fingerprint density at radius 1 is 1.50 bits per heavy atom. The van der Waals surface area contributed by atoms with Crippen molar-refractivity contribution in [1.29, 1.82) is 0 Å². The van der Waals surface area contributed by atoms with Gasteiger partial charge in [-0.15, -0.1) is 0 Å². The lowest BCUT2D eigenvalue weighted by Crippen LogP contribution is -2.22. The van der Waals surface area contributed by atoms with Crippen molar-refractivity contribution in [3.8, 4) is 0 Å². The van der Waals surface area contributed by atoms with Crippen molar-refractivity contribution in [1.82, 2.24) is 0 Å². The lowest BCUT2D eigenvalue weighted by atomic mass is 10.1. The van der Waals surface area contributed by atoms with Gasteiger partial charge in [-0.05, 0) is 6.08 Å². The minimum atomic E-state index is -0.372. The molecule has 1 unspecified atom stereocenters. The molecule has 0 aromatic heterocycles. The molecule has 1 atom stereocenters. The molecule has 3 nitrogen and oxygen atoms in total. The Bertz CT molecular complexity index is 200. The summed E-state index contributed by atoms with van der Waals surface area (Å²) in [4.78, 5) is 14.4. The first-order valence-corrected chi connectivity index (χ1v) is 2.96. The molecule has 1 heterocycles. The Hall–Kier alpha value is -1.38. The van der Waals surface area contributed by atoms with Gasteiger partial charge < -0.3 is 5.73 Å². The topological polar surface area (TPSA) is 55.5 Å². The molecule has 0 aromatic rings. The highest BCUT2D eigenvalue weighted by Gasteiger charge is 2.07. The number of aliphatic imine (C=N–C) groups is 1. The van der Waals surface area contributed by atoms with Crippen molar-refractivity contribution >= 4 is 12.1 Å². The number of allylic oxidation sites excluding steroid dienone is 2. The number of carbonyl (C=O) groups excluding carboxylic acids is 1. The molecule has 10 heavy (non-hydrogen) atoms. The van der Waals surface area contributed by atoms with Crippen molar-refractivity contribution < 1.29 is 4.79 Å². The molecular weight excluding hydrogens is 128 g/mol. The van der Waals surface area contributed by atoms with Crippen LogP contribution in [-0.4, -0.2) is 12.1 Å². The predicted octanol–water partition coefficient (Wildman–Crippen LogP) is 0.242. The Kier molecular flexibility index (Phi) is 1.99. The van der Waals surface area contributed by atoms with Gasteiger partial charge in [-0.3, -0.25) is 9.79 Å². The van der Waals surface area contributed by atoms with Crippen LogP contribution < -0.4 is 5.73 Å². The number of nitrogens with two attached hydrogens (primary N) is 1. The van der Waals surface area contributed by atoms with Gasteiger partial charge in [0.25, 0.3) is 0 Å². The molecule has 0 aliphatic carbocycles. The van der Waals surface area contributed by atoms with Crippen LogP contribution in [-0.2, 0) is 4.79 Å². The fourth-order valence-corrected chi connectivity index (χ4v) is 0.644. The number of hydrogen-bond acceptors (Lipinski definition) is 2. The Morgan fingerprint density at radius 3 is 3.00 bits per heavy atom. The van der Waals surface area contributed by atoms with E-state index in [4.69, 9.17) is 5.73 Å². The quantitative estimate of drug-likeness (QED) is 0.551. The normalized spacial score (nSPS) is 22.6. The van der Waals surface area contributed by atoms with E-state index in [9.17, 15) is 4.79 Å². The first-order chi connectivity index (χ1) is 4.80. The second-order valence-electron chi connectivity index (χ2n) is 1.95. The zero-order valence-corrected chi connectivity index (χ0v) is 5.40. The van der Waals surface area contributed by atoms with Gasteiger partial charge in [-0.1, -0.05) is 12.2 Å². The summed E-state index contributed by atoms with van der Waals surface area (Å²) in [6.45, 7) is 0. The van der Waals surface area contributed by atoms with Crippen molar-refractivity contribution in [2.75, 3.05) is 0 Å². The second-order valence-corrected chi connectivity index (χ2v) is 1.95. The van der Waals surface area contributed by atoms with Gasteiger partial charge in [0.2, 0.25) is 5.91 Å². The summed E-state index contributed by atoms with van der Waals surface area (Å²) in [6, 6.07) is 0. The number of amides is 1. The average molecular weight is 136 g/mol. The number of nitrogens with zero attached hydrogens (tertiary/aromatic N) is 1. The molecule has 1 aliphatic heterocycles. The minimum Gasteiger partial charge on any atom is -0.369 e. The van der Waals surface area contributed by atoms with Crippen LogP contribution in [0.3, 0.4) is 0 Å². The van der Waals surface area contributed by atoms with E-state index in [0.29, 0.717) is 0 Å². The fourth-order valence-electron chi connectivity index (χ4n) is 0.644. The summed E-state index contributed by atoms with van der Waals surface area (Å²) in [5.41, 5.74) is 5.03. The monoisotopic (exact) mass is 136 g/mol. The average Bonchev–Trinajstić information content (AvgIpc) is 2.12. The highest BCUT2D eigenvalue weighted by atomic mass is 16.1. The van der Waals surface area contributed by atoms with Crippen LogP contribution >= 0.6 is 0 Å². The fraction of sp³-hybridized carbons (Fsp3) is 0.143. The maximum Gasteiger partial charge on any atom is 0.229 e. The molecule has 3 heteroatoms. The number of carbonyl (C=O) groups is 1. The van der Waals surface area contributed by atoms with Crippen LogP contribution in [0.25, 0.3) is 0 Å². The van der Waals surface area contributed by atoms with E-state index in [1.807, 2.05) is 0 Å². The largest absolute Gasteiger partial charge is 0.369 e. The molecule has 52 valence electrons. The van der Waals surface area contributed by atoms with Crippen molar-refractivity contribution in [3.05, 3.63) is 24.4 Å². The minimum absolute atomic E-state index is 0.352. The first kappa shape index (κ1) is 6.74. The van der Waals surface area contributed by atoms with Crippen molar-refractivity contribution in [2.45, 2.75) is 0 Å². The molecule has 0 fully saturated rings. The molecule has 0 saturated carbocycles. The van der Waals surface area contributed by atoms with Crippen LogP contribution in [0.15, 0.2) is 29.4 Å². The maximum atomic E-state index is 10.6. The zero-order chi connectivity index (χ0) is 7.40. The first-order valence-electron chi connectivity index (χ1n) is 2.96. The molecule has 0 bridgehead atoms. The third-order valence-electron chi connectivity index (χ3n) is 1.18. The van der Waals surface area contributed by atoms with Crippen LogP contribution in [0.4, 0.5) is 0 Å². The van der Waals surface area contributed by atoms with E-state index in [0.717, 1.165) is 0 Å². The van der Waals surface area contributed by atoms with E-state index in [-0.39, 0.29) is 11.8 Å². The summed E-state index contributed by atoms with van der Waals surface area (Å²) in [5, 5.41) is 0. The van der Waals surface area contributed by atoms with Gasteiger partial charge in [0.15, 0.2) is 0 Å². The summed E-state index contributed by atoms with van der Waals surface area (Å²) in [5.74, 6) is -0.723.